The Kier molecular flexibility index (Phi) is 7.85. The third-order valence-corrected chi connectivity index (χ3v) is 2.01. The Morgan fingerprint density at radius 1 is 1.08 bits per heavy atom. The van der Waals surface area contributed by atoms with E-state index < -0.39 is 10.1 Å². The summed E-state index contributed by atoms with van der Waals surface area (Å²) in [6.07, 6.45) is 2.99. The van der Waals surface area contributed by atoms with Gasteiger partial charge in [-0.3, -0.25) is 4.55 Å². The largest absolute Gasteiger partial charge is 0.290 e. The van der Waals surface area contributed by atoms with Crippen LogP contribution in [-0.2, 0) is 10.1 Å². The maximum atomic E-state index is 10.4. The van der Waals surface area contributed by atoms with Gasteiger partial charge in [0.1, 0.15) is 0 Å². The molecule has 1 N–H and O–H groups in total. The van der Waals surface area contributed by atoms with Crippen molar-refractivity contribution in [1.82, 2.24) is 0 Å². The summed E-state index contributed by atoms with van der Waals surface area (Å²) in [5.74, 6) is 0. The third-order valence-electron chi connectivity index (χ3n) is 1.06. The summed E-state index contributed by atoms with van der Waals surface area (Å²) in [7, 11) is -3.98. The standard InChI is InChI=1S/C7H12O3S.C2H6/c1-6(2)4-5-7(3)11(8,9)10;1-2/h4-5H,1-3H3,(H,8,9,10);1-2H3/b7-5+;. The molecule has 0 fully saturated rings. The minimum absolute atomic E-state index is 0.0429. The zero-order chi connectivity index (χ0) is 11.1. The molecule has 0 rings (SSSR count). The van der Waals surface area contributed by atoms with E-state index in [1.165, 1.54) is 13.0 Å². The van der Waals surface area contributed by atoms with Crippen LogP contribution in [0, 0.1) is 0 Å². The highest BCUT2D eigenvalue weighted by atomic mass is 32.2. The second kappa shape index (κ2) is 6.86. The molecule has 0 aliphatic heterocycles. The molecule has 0 heterocycles. The molecule has 4 heteroatoms. The highest BCUT2D eigenvalue weighted by molar-refractivity contribution is 7.89. The van der Waals surface area contributed by atoms with Gasteiger partial charge in [-0.2, -0.15) is 8.42 Å². The highest BCUT2D eigenvalue weighted by Crippen LogP contribution is 2.03. The van der Waals surface area contributed by atoms with Gasteiger partial charge in [-0.1, -0.05) is 25.5 Å². The first kappa shape index (κ1) is 14.9. The van der Waals surface area contributed by atoms with E-state index in [1.807, 2.05) is 27.7 Å². The van der Waals surface area contributed by atoms with Gasteiger partial charge >= 0.3 is 0 Å². The summed E-state index contributed by atoms with van der Waals surface area (Å²) in [4.78, 5) is -0.0429. The monoisotopic (exact) mass is 206 g/mol. The Balaban J connectivity index is 0. The molecule has 0 spiro atoms. The van der Waals surface area contributed by atoms with Crippen molar-refractivity contribution >= 4 is 10.1 Å². The average molecular weight is 206 g/mol. The van der Waals surface area contributed by atoms with Gasteiger partial charge in [0.25, 0.3) is 10.1 Å². The van der Waals surface area contributed by atoms with E-state index >= 15 is 0 Å². The minimum Gasteiger partial charge on any atom is -0.282 e. The number of allylic oxidation sites excluding steroid dienone is 4. The van der Waals surface area contributed by atoms with E-state index in [1.54, 1.807) is 6.08 Å². The lowest BCUT2D eigenvalue weighted by Gasteiger charge is -1.92. The molecule has 3 nitrogen and oxygen atoms in total. The molecule has 0 saturated heterocycles. The lowest BCUT2D eigenvalue weighted by atomic mass is 10.3. The number of rotatable bonds is 2. The van der Waals surface area contributed by atoms with Crippen molar-refractivity contribution in [3.05, 3.63) is 22.6 Å². The Morgan fingerprint density at radius 3 is 1.69 bits per heavy atom. The molecule has 0 amide bonds. The number of hydrogen-bond donors (Lipinski definition) is 1. The summed E-state index contributed by atoms with van der Waals surface area (Å²) < 4.78 is 29.3. The molecular formula is C9H18O3S. The van der Waals surface area contributed by atoms with Crippen LogP contribution in [0.15, 0.2) is 22.6 Å². The summed E-state index contributed by atoms with van der Waals surface area (Å²) in [5.41, 5.74) is 0.980. The van der Waals surface area contributed by atoms with Crippen LogP contribution in [0.25, 0.3) is 0 Å². The molecule has 0 aliphatic rings. The summed E-state index contributed by atoms with van der Waals surface area (Å²) >= 11 is 0. The van der Waals surface area contributed by atoms with E-state index in [0.29, 0.717) is 0 Å². The van der Waals surface area contributed by atoms with E-state index in [0.717, 1.165) is 5.57 Å². The first-order chi connectivity index (χ1) is 5.84. The van der Waals surface area contributed by atoms with Crippen molar-refractivity contribution in [3.8, 4) is 0 Å². The fraction of sp³-hybridized carbons (Fsp3) is 0.556. The lowest BCUT2D eigenvalue weighted by molar-refractivity contribution is 0.491. The van der Waals surface area contributed by atoms with Crippen molar-refractivity contribution < 1.29 is 13.0 Å². The van der Waals surface area contributed by atoms with Crippen molar-refractivity contribution in [3.63, 3.8) is 0 Å². The van der Waals surface area contributed by atoms with Gasteiger partial charge in [0, 0.05) is 0 Å². The van der Waals surface area contributed by atoms with Gasteiger partial charge in [0.15, 0.2) is 0 Å². The summed E-state index contributed by atoms with van der Waals surface area (Å²) in [6.45, 7) is 9.02. The minimum atomic E-state index is -3.98. The SMILES string of the molecule is CC.CC(C)=C/C=C(\C)S(=O)(=O)O. The molecule has 0 unspecified atom stereocenters. The molecule has 0 radical (unpaired) electrons. The predicted molar refractivity (Wildman–Crippen MR) is 56.1 cm³/mol. The first-order valence-corrected chi connectivity index (χ1v) is 5.57. The molecule has 0 atom stereocenters. The topological polar surface area (TPSA) is 54.4 Å². The Hall–Kier alpha value is -0.610. The van der Waals surface area contributed by atoms with Crippen LogP contribution in [0.5, 0.6) is 0 Å². The van der Waals surface area contributed by atoms with Crippen LogP contribution in [0.4, 0.5) is 0 Å². The highest BCUT2D eigenvalue weighted by Gasteiger charge is 2.04. The van der Waals surface area contributed by atoms with E-state index in [-0.39, 0.29) is 4.91 Å². The zero-order valence-corrected chi connectivity index (χ0v) is 9.64. The van der Waals surface area contributed by atoms with Crippen LogP contribution in [-0.4, -0.2) is 13.0 Å². The average Bonchev–Trinajstić information content (AvgIpc) is 2.02. The zero-order valence-electron chi connectivity index (χ0n) is 8.83. The molecule has 0 aromatic rings. The predicted octanol–water partition coefficient (Wildman–Crippen LogP) is 2.77. The molecule has 0 saturated carbocycles. The van der Waals surface area contributed by atoms with Gasteiger partial charge in [0.2, 0.25) is 0 Å². The molecule has 0 aromatic carbocycles. The number of hydrogen-bond acceptors (Lipinski definition) is 2. The van der Waals surface area contributed by atoms with E-state index in [9.17, 15) is 8.42 Å². The Bertz CT molecular complexity index is 280. The van der Waals surface area contributed by atoms with E-state index in [4.69, 9.17) is 4.55 Å². The van der Waals surface area contributed by atoms with Gasteiger partial charge in [-0.05, 0) is 26.8 Å². The van der Waals surface area contributed by atoms with Crippen molar-refractivity contribution in [2.45, 2.75) is 34.6 Å². The van der Waals surface area contributed by atoms with Crippen molar-refractivity contribution in [1.29, 1.82) is 0 Å². The van der Waals surface area contributed by atoms with Crippen molar-refractivity contribution in [2.75, 3.05) is 0 Å². The second-order valence-electron chi connectivity index (χ2n) is 2.50. The van der Waals surface area contributed by atoms with Gasteiger partial charge in [-0.15, -0.1) is 0 Å². The Labute approximate surface area is 80.9 Å². The second-order valence-corrected chi connectivity index (χ2v) is 4.09. The molecule has 0 bridgehead atoms. The fourth-order valence-electron chi connectivity index (χ4n) is 0.370. The molecule has 78 valence electrons. The fourth-order valence-corrected chi connectivity index (χ4v) is 0.610. The van der Waals surface area contributed by atoms with Crippen LogP contribution >= 0.6 is 0 Å². The van der Waals surface area contributed by atoms with Gasteiger partial charge < -0.3 is 0 Å². The van der Waals surface area contributed by atoms with Gasteiger partial charge in [-0.25, -0.2) is 0 Å². The van der Waals surface area contributed by atoms with Crippen LogP contribution in [0.1, 0.15) is 34.6 Å². The van der Waals surface area contributed by atoms with Crippen LogP contribution in [0.2, 0.25) is 0 Å². The van der Waals surface area contributed by atoms with Crippen LogP contribution in [0.3, 0.4) is 0 Å². The molecule has 13 heavy (non-hydrogen) atoms. The molecule has 0 aliphatic carbocycles. The molecular weight excluding hydrogens is 188 g/mol. The summed E-state index contributed by atoms with van der Waals surface area (Å²) in [5, 5.41) is 0. The summed E-state index contributed by atoms with van der Waals surface area (Å²) in [6, 6.07) is 0. The van der Waals surface area contributed by atoms with E-state index in [2.05, 4.69) is 0 Å². The third kappa shape index (κ3) is 9.30. The van der Waals surface area contributed by atoms with Gasteiger partial charge in [0.05, 0.1) is 4.91 Å². The Morgan fingerprint density at radius 2 is 1.46 bits per heavy atom. The normalized spacial score (nSPS) is 11.4. The maximum Gasteiger partial charge on any atom is 0.290 e. The first-order valence-electron chi connectivity index (χ1n) is 4.13. The van der Waals surface area contributed by atoms with Crippen LogP contribution < -0.4 is 0 Å². The lowest BCUT2D eigenvalue weighted by Crippen LogP contribution is -1.97. The van der Waals surface area contributed by atoms with Crippen molar-refractivity contribution in [2.24, 2.45) is 0 Å². The maximum absolute atomic E-state index is 10.4. The quantitative estimate of drug-likeness (QED) is 0.558. The smallest absolute Gasteiger partial charge is 0.282 e. The molecule has 0 aromatic heterocycles.